The van der Waals surface area contributed by atoms with Crippen molar-refractivity contribution < 1.29 is 29.0 Å². The lowest BCUT2D eigenvalue weighted by molar-refractivity contribution is -0.164. The van der Waals surface area contributed by atoms with Gasteiger partial charge in [0.25, 0.3) is 0 Å². The molecule has 39 heavy (non-hydrogen) atoms. The van der Waals surface area contributed by atoms with Gasteiger partial charge >= 0.3 is 5.97 Å². The number of allylic oxidation sites excluding steroid dienone is 1. The molecule has 0 aromatic heterocycles. The fourth-order valence-corrected chi connectivity index (χ4v) is 7.10. The highest BCUT2D eigenvalue weighted by molar-refractivity contribution is 5.98. The van der Waals surface area contributed by atoms with Gasteiger partial charge in [0.15, 0.2) is 0 Å². The van der Waals surface area contributed by atoms with Gasteiger partial charge in [0, 0.05) is 13.1 Å². The van der Waals surface area contributed by atoms with Crippen LogP contribution < -0.4 is 0 Å². The summed E-state index contributed by atoms with van der Waals surface area (Å²) in [7, 11) is 0. The summed E-state index contributed by atoms with van der Waals surface area (Å²) in [6.07, 6.45) is 10.5. The molecule has 3 fully saturated rings. The molecule has 220 valence electrons. The van der Waals surface area contributed by atoms with Crippen molar-refractivity contribution in [2.45, 2.75) is 109 Å². The summed E-state index contributed by atoms with van der Waals surface area (Å²) < 4.78 is 12.6. The van der Waals surface area contributed by atoms with Gasteiger partial charge in [-0.2, -0.15) is 0 Å². The number of unbranched alkanes of at least 4 members (excludes halogenated alkanes) is 4. The Kier molecular flexibility index (Phi) is 10.8. The zero-order valence-corrected chi connectivity index (χ0v) is 24.5. The minimum absolute atomic E-state index is 0.0926. The van der Waals surface area contributed by atoms with Gasteiger partial charge in [-0.25, -0.2) is 0 Å². The van der Waals surface area contributed by atoms with E-state index in [1.165, 1.54) is 0 Å². The van der Waals surface area contributed by atoms with Gasteiger partial charge in [-0.1, -0.05) is 52.7 Å². The van der Waals surface area contributed by atoms with Crippen LogP contribution in [0.25, 0.3) is 0 Å². The van der Waals surface area contributed by atoms with E-state index >= 15 is 0 Å². The molecule has 0 radical (unpaired) electrons. The zero-order valence-electron chi connectivity index (χ0n) is 24.5. The van der Waals surface area contributed by atoms with Crippen LogP contribution in [0.2, 0.25) is 0 Å². The first kappa shape index (κ1) is 31.3. The molecule has 2 amide bonds. The second-order valence-electron chi connectivity index (χ2n) is 11.8. The Morgan fingerprint density at radius 2 is 1.92 bits per heavy atom. The monoisotopic (exact) mass is 546 g/mol. The van der Waals surface area contributed by atoms with E-state index in [2.05, 4.69) is 20.1 Å². The largest absolute Gasteiger partial charge is 0.465 e. The highest BCUT2D eigenvalue weighted by atomic mass is 16.6. The summed E-state index contributed by atoms with van der Waals surface area (Å²) in [4.78, 5) is 45.7. The van der Waals surface area contributed by atoms with Gasteiger partial charge in [0.05, 0.1) is 30.8 Å². The van der Waals surface area contributed by atoms with Gasteiger partial charge in [-0.15, -0.1) is 13.2 Å². The van der Waals surface area contributed by atoms with Crippen LogP contribution in [-0.4, -0.2) is 82.3 Å². The van der Waals surface area contributed by atoms with Gasteiger partial charge < -0.3 is 24.4 Å². The number of ether oxygens (including phenoxy) is 2. The van der Waals surface area contributed by atoms with E-state index in [4.69, 9.17) is 9.47 Å². The molecule has 3 aliphatic heterocycles. The van der Waals surface area contributed by atoms with Crippen LogP contribution in [0.4, 0.5) is 0 Å². The lowest BCUT2D eigenvalue weighted by atomic mass is 9.65. The Labute approximate surface area is 234 Å². The number of likely N-dealkylation sites (tertiary alicyclic amines) is 1. The molecule has 8 nitrogen and oxygen atoms in total. The Balaban J connectivity index is 2.02. The highest BCUT2D eigenvalue weighted by Crippen LogP contribution is 2.65. The van der Waals surface area contributed by atoms with Crippen molar-refractivity contribution in [3.63, 3.8) is 0 Å². The van der Waals surface area contributed by atoms with Crippen LogP contribution >= 0.6 is 0 Å². The van der Waals surface area contributed by atoms with E-state index in [0.717, 1.165) is 38.5 Å². The number of hydrogen-bond acceptors (Lipinski definition) is 6. The van der Waals surface area contributed by atoms with Gasteiger partial charge in [-0.3, -0.25) is 14.4 Å². The standard InChI is InChI=1S/C31H50N2O6/c1-7-11-13-15-20-38-29(37)25-24-27(35)33(23(21-34)22(5)6)26(31(24)17-16-30(25,10-4)39-31)28(36)32(18-9-3)19-14-12-8-2/h7,9,22-26,34H,1,3,8,10-21H2,2,4-6H3/t23-,24-,25+,26?,30-,31?/m0/s1. The maximum absolute atomic E-state index is 14.4. The van der Waals surface area contributed by atoms with Crippen LogP contribution in [0.1, 0.15) is 85.5 Å². The molecule has 2 unspecified atom stereocenters. The van der Waals surface area contributed by atoms with E-state index in [1.807, 2.05) is 26.8 Å². The number of esters is 1. The average molecular weight is 547 g/mol. The molecule has 0 aliphatic carbocycles. The molecule has 3 rings (SSSR count). The Hall–Kier alpha value is -2.19. The number of hydrogen-bond donors (Lipinski definition) is 1. The quantitative estimate of drug-likeness (QED) is 0.166. The number of aliphatic hydroxyl groups is 1. The van der Waals surface area contributed by atoms with Gasteiger partial charge in [-0.05, 0) is 50.9 Å². The average Bonchev–Trinajstić information content (AvgIpc) is 3.52. The lowest BCUT2D eigenvalue weighted by Crippen LogP contribution is -2.59. The Bertz CT molecular complexity index is 906. The van der Waals surface area contributed by atoms with Crippen molar-refractivity contribution in [1.29, 1.82) is 0 Å². The van der Waals surface area contributed by atoms with E-state index in [-0.39, 0.29) is 30.9 Å². The van der Waals surface area contributed by atoms with Crippen molar-refractivity contribution in [2.75, 3.05) is 26.3 Å². The molecule has 0 aromatic carbocycles. The number of rotatable bonds is 17. The zero-order chi connectivity index (χ0) is 28.8. The summed E-state index contributed by atoms with van der Waals surface area (Å²) in [6.45, 7) is 16.5. The molecule has 8 heteroatoms. The van der Waals surface area contributed by atoms with Crippen LogP contribution in [0, 0.1) is 17.8 Å². The predicted octanol–water partition coefficient (Wildman–Crippen LogP) is 4.26. The maximum atomic E-state index is 14.4. The third-order valence-electron chi connectivity index (χ3n) is 9.16. The maximum Gasteiger partial charge on any atom is 0.312 e. The molecule has 3 saturated heterocycles. The SMILES string of the molecule is C=CCCCCOC(=O)[C@H]1[C@H]2C(=O)N([C@@H](CO)C(C)C)C(C(=O)N(CC=C)CCCCC)C23CC[C@]1(CC)O3. The van der Waals surface area contributed by atoms with Crippen molar-refractivity contribution in [3.05, 3.63) is 25.3 Å². The Morgan fingerprint density at radius 3 is 2.51 bits per heavy atom. The number of carbonyl (C=O) groups is 3. The van der Waals surface area contributed by atoms with Crippen molar-refractivity contribution >= 4 is 17.8 Å². The van der Waals surface area contributed by atoms with Crippen LogP contribution in [0.5, 0.6) is 0 Å². The van der Waals surface area contributed by atoms with Crippen molar-refractivity contribution in [1.82, 2.24) is 9.80 Å². The van der Waals surface area contributed by atoms with E-state index in [0.29, 0.717) is 32.4 Å². The molecular formula is C31H50N2O6. The fraction of sp³-hybridized carbons (Fsp3) is 0.774. The summed E-state index contributed by atoms with van der Waals surface area (Å²) in [5.74, 6) is -2.56. The lowest BCUT2D eigenvalue weighted by Gasteiger charge is -2.40. The first-order valence-corrected chi connectivity index (χ1v) is 15.0. The smallest absolute Gasteiger partial charge is 0.312 e. The molecule has 3 heterocycles. The van der Waals surface area contributed by atoms with E-state index in [1.54, 1.807) is 15.9 Å². The van der Waals surface area contributed by atoms with E-state index < -0.39 is 41.1 Å². The minimum Gasteiger partial charge on any atom is -0.465 e. The number of nitrogens with zero attached hydrogens (tertiary/aromatic N) is 2. The summed E-state index contributed by atoms with van der Waals surface area (Å²) in [5, 5.41) is 10.4. The van der Waals surface area contributed by atoms with Gasteiger partial charge in [0.1, 0.15) is 17.6 Å². The highest BCUT2D eigenvalue weighted by Gasteiger charge is 2.79. The number of carbonyl (C=O) groups excluding carboxylic acids is 3. The van der Waals surface area contributed by atoms with Crippen molar-refractivity contribution in [2.24, 2.45) is 17.8 Å². The first-order chi connectivity index (χ1) is 18.7. The molecule has 0 aromatic rings. The molecular weight excluding hydrogens is 496 g/mol. The summed E-state index contributed by atoms with van der Waals surface area (Å²) >= 11 is 0. The fourth-order valence-electron chi connectivity index (χ4n) is 7.10. The summed E-state index contributed by atoms with van der Waals surface area (Å²) in [6, 6.07) is -1.47. The van der Waals surface area contributed by atoms with Crippen LogP contribution in [0.3, 0.4) is 0 Å². The molecule has 6 atom stereocenters. The normalized spacial score (nSPS) is 29.9. The number of fused-ring (bicyclic) bond motifs is 1. The molecule has 3 aliphatic rings. The molecule has 1 spiro atoms. The van der Waals surface area contributed by atoms with Crippen LogP contribution in [-0.2, 0) is 23.9 Å². The minimum atomic E-state index is -1.12. The Morgan fingerprint density at radius 1 is 1.18 bits per heavy atom. The number of aliphatic hydroxyl groups excluding tert-OH is 1. The van der Waals surface area contributed by atoms with Crippen LogP contribution in [0.15, 0.2) is 25.3 Å². The topological polar surface area (TPSA) is 96.4 Å². The predicted molar refractivity (Wildman–Crippen MR) is 151 cm³/mol. The summed E-state index contributed by atoms with van der Waals surface area (Å²) in [5.41, 5.74) is -1.95. The van der Waals surface area contributed by atoms with E-state index in [9.17, 15) is 19.5 Å². The molecule has 0 saturated carbocycles. The molecule has 2 bridgehead atoms. The third-order valence-corrected chi connectivity index (χ3v) is 9.16. The van der Waals surface area contributed by atoms with Crippen molar-refractivity contribution in [3.8, 4) is 0 Å². The first-order valence-electron chi connectivity index (χ1n) is 15.0. The second kappa shape index (κ2) is 13.4. The number of amides is 2. The second-order valence-corrected chi connectivity index (χ2v) is 11.8. The van der Waals surface area contributed by atoms with Gasteiger partial charge in [0.2, 0.25) is 11.8 Å². The third kappa shape index (κ3) is 5.69. The molecule has 1 N–H and O–H groups in total.